The van der Waals surface area contributed by atoms with Crippen molar-refractivity contribution in [3.05, 3.63) is 23.9 Å². The summed E-state index contributed by atoms with van der Waals surface area (Å²) in [5.74, 6) is 0.438. The fourth-order valence-electron chi connectivity index (χ4n) is 3.56. The Morgan fingerprint density at radius 2 is 2.07 bits per heavy atom. The Bertz CT molecular complexity index is 766. The third-order valence-corrected chi connectivity index (χ3v) is 4.87. The lowest BCUT2D eigenvalue weighted by molar-refractivity contribution is -0.163. The van der Waals surface area contributed by atoms with Gasteiger partial charge in [0.2, 0.25) is 5.91 Å². The fourth-order valence-corrected chi connectivity index (χ4v) is 3.56. The van der Waals surface area contributed by atoms with Crippen LogP contribution >= 0.6 is 0 Å². The third-order valence-electron chi connectivity index (χ3n) is 4.87. The maximum atomic E-state index is 12.8. The predicted molar refractivity (Wildman–Crippen MR) is 103 cm³/mol. The van der Waals surface area contributed by atoms with Gasteiger partial charge < -0.3 is 14.5 Å². The Balaban J connectivity index is 1.55. The topological polar surface area (TPSA) is 89.8 Å². The molecular weight excluding hydrogens is 358 g/mol. The molecule has 0 spiro atoms. The number of esters is 1. The van der Waals surface area contributed by atoms with E-state index in [-0.39, 0.29) is 18.4 Å². The van der Waals surface area contributed by atoms with Gasteiger partial charge in [-0.2, -0.15) is 5.26 Å². The highest BCUT2D eigenvalue weighted by Gasteiger charge is 2.37. The SMILES string of the molecule is CC(C)(C)OC(=O)[C@H]1CCCN1C(=O)CN1CCN(c2ccc(C#N)cn2)C1. The molecule has 150 valence electrons. The minimum Gasteiger partial charge on any atom is -0.458 e. The number of hydrogen-bond acceptors (Lipinski definition) is 7. The lowest BCUT2D eigenvalue weighted by Gasteiger charge is -2.28. The van der Waals surface area contributed by atoms with Crippen LogP contribution in [0.25, 0.3) is 0 Å². The molecule has 1 amide bonds. The van der Waals surface area contributed by atoms with Crippen molar-refractivity contribution in [2.24, 2.45) is 0 Å². The van der Waals surface area contributed by atoms with Gasteiger partial charge in [-0.15, -0.1) is 0 Å². The molecular formula is C20H27N5O3. The lowest BCUT2D eigenvalue weighted by Crippen LogP contribution is -2.47. The monoisotopic (exact) mass is 385 g/mol. The standard InChI is InChI=1S/C20H27N5O3/c1-20(2,3)28-19(27)16-5-4-8-25(16)18(26)13-23-9-10-24(14-23)17-7-6-15(11-21)12-22-17/h6-7,12,16H,4-5,8-10,13-14H2,1-3H3/t16-/m1/s1. The zero-order chi connectivity index (χ0) is 20.3. The Hall–Kier alpha value is -2.66. The molecule has 0 saturated carbocycles. The van der Waals surface area contributed by atoms with Crippen molar-refractivity contribution in [1.29, 1.82) is 5.26 Å². The molecule has 2 aliphatic rings. The smallest absolute Gasteiger partial charge is 0.329 e. The number of aromatic nitrogens is 1. The van der Waals surface area contributed by atoms with Crippen molar-refractivity contribution < 1.29 is 14.3 Å². The molecule has 0 aromatic carbocycles. The minimum atomic E-state index is -0.558. The second kappa shape index (κ2) is 8.15. The summed E-state index contributed by atoms with van der Waals surface area (Å²) in [4.78, 5) is 35.3. The summed E-state index contributed by atoms with van der Waals surface area (Å²) in [6, 6.07) is 5.14. The molecule has 2 aliphatic heterocycles. The van der Waals surface area contributed by atoms with E-state index in [0.717, 1.165) is 25.3 Å². The van der Waals surface area contributed by atoms with Crippen molar-refractivity contribution >= 4 is 17.7 Å². The van der Waals surface area contributed by atoms with Gasteiger partial charge >= 0.3 is 5.97 Å². The summed E-state index contributed by atoms with van der Waals surface area (Å²) in [5, 5.41) is 8.87. The van der Waals surface area contributed by atoms with E-state index < -0.39 is 11.6 Å². The van der Waals surface area contributed by atoms with Crippen LogP contribution in [0.1, 0.15) is 39.2 Å². The Kier molecular flexibility index (Phi) is 5.84. The summed E-state index contributed by atoms with van der Waals surface area (Å²) >= 11 is 0. The molecule has 28 heavy (non-hydrogen) atoms. The van der Waals surface area contributed by atoms with E-state index in [1.807, 2.05) is 31.7 Å². The van der Waals surface area contributed by atoms with Gasteiger partial charge in [-0.1, -0.05) is 0 Å². The third kappa shape index (κ3) is 4.78. The van der Waals surface area contributed by atoms with Gasteiger partial charge in [0.05, 0.1) is 18.8 Å². The molecule has 1 atom stereocenters. The molecule has 0 radical (unpaired) electrons. The van der Waals surface area contributed by atoms with Crippen LogP contribution in [0, 0.1) is 11.3 Å². The van der Waals surface area contributed by atoms with Crippen molar-refractivity contribution in [1.82, 2.24) is 14.8 Å². The molecule has 3 heterocycles. The number of nitrogens with zero attached hydrogens (tertiary/aromatic N) is 5. The van der Waals surface area contributed by atoms with Crippen LogP contribution in [0.2, 0.25) is 0 Å². The number of hydrogen-bond donors (Lipinski definition) is 0. The average Bonchev–Trinajstić information content (AvgIpc) is 3.30. The second-order valence-corrected chi connectivity index (χ2v) is 8.25. The minimum absolute atomic E-state index is 0.0389. The van der Waals surface area contributed by atoms with Crippen molar-refractivity contribution in [2.75, 3.05) is 37.7 Å². The summed E-state index contributed by atoms with van der Waals surface area (Å²) in [6.45, 7) is 8.48. The van der Waals surface area contributed by atoms with E-state index in [1.165, 1.54) is 0 Å². The van der Waals surface area contributed by atoms with Crippen LogP contribution in [0.4, 0.5) is 5.82 Å². The van der Waals surface area contributed by atoms with Gasteiger partial charge in [0, 0.05) is 25.8 Å². The lowest BCUT2D eigenvalue weighted by atomic mass is 10.1. The summed E-state index contributed by atoms with van der Waals surface area (Å²) < 4.78 is 5.48. The predicted octanol–water partition coefficient (Wildman–Crippen LogP) is 1.37. The summed E-state index contributed by atoms with van der Waals surface area (Å²) in [5.41, 5.74) is -0.0324. The van der Waals surface area contributed by atoms with Crippen LogP contribution in [-0.4, -0.2) is 71.2 Å². The highest BCUT2D eigenvalue weighted by molar-refractivity contribution is 5.86. The quantitative estimate of drug-likeness (QED) is 0.723. The number of anilines is 1. The number of nitriles is 1. The maximum Gasteiger partial charge on any atom is 0.329 e. The van der Waals surface area contributed by atoms with Gasteiger partial charge in [0.15, 0.2) is 0 Å². The van der Waals surface area contributed by atoms with Crippen LogP contribution < -0.4 is 4.90 Å². The van der Waals surface area contributed by atoms with Crippen LogP contribution in [0.3, 0.4) is 0 Å². The molecule has 1 aromatic heterocycles. The van der Waals surface area contributed by atoms with Gasteiger partial charge in [0.1, 0.15) is 23.5 Å². The molecule has 2 fully saturated rings. The number of likely N-dealkylation sites (tertiary alicyclic amines) is 1. The van der Waals surface area contributed by atoms with E-state index >= 15 is 0 Å². The number of amides is 1. The van der Waals surface area contributed by atoms with E-state index in [2.05, 4.69) is 16.0 Å². The van der Waals surface area contributed by atoms with E-state index in [1.54, 1.807) is 17.2 Å². The van der Waals surface area contributed by atoms with Gasteiger partial charge in [0.25, 0.3) is 0 Å². The van der Waals surface area contributed by atoms with Crippen LogP contribution in [0.15, 0.2) is 18.3 Å². The van der Waals surface area contributed by atoms with E-state index in [4.69, 9.17) is 10.00 Å². The van der Waals surface area contributed by atoms with Crippen LogP contribution in [0.5, 0.6) is 0 Å². The van der Waals surface area contributed by atoms with Gasteiger partial charge in [-0.3, -0.25) is 9.69 Å². The normalized spacial score (nSPS) is 20.3. The molecule has 1 aromatic rings. The molecule has 0 aliphatic carbocycles. The number of ether oxygens (including phenoxy) is 1. The molecule has 3 rings (SSSR count). The Labute approximate surface area is 165 Å². The first-order valence-electron chi connectivity index (χ1n) is 9.62. The number of rotatable bonds is 4. The largest absolute Gasteiger partial charge is 0.458 e. The van der Waals surface area contributed by atoms with Crippen molar-refractivity contribution in [2.45, 2.75) is 45.3 Å². The van der Waals surface area contributed by atoms with Crippen molar-refractivity contribution in [3.8, 4) is 6.07 Å². The second-order valence-electron chi connectivity index (χ2n) is 8.25. The van der Waals surface area contributed by atoms with Gasteiger partial charge in [-0.05, 0) is 45.7 Å². The van der Waals surface area contributed by atoms with Gasteiger partial charge in [-0.25, -0.2) is 9.78 Å². The Morgan fingerprint density at radius 3 is 2.71 bits per heavy atom. The number of carbonyl (C=O) groups excluding carboxylic acids is 2. The zero-order valence-corrected chi connectivity index (χ0v) is 16.7. The number of pyridine rings is 1. The molecule has 0 unspecified atom stereocenters. The first-order valence-corrected chi connectivity index (χ1v) is 9.62. The average molecular weight is 385 g/mol. The van der Waals surface area contributed by atoms with Crippen LogP contribution in [-0.2, 0) is 14.3 Å². The Morgan fingerprint density at radius 1 is 1.29 bits per heavy atom. The molecule has 2 saturated heterocycles. The molecule has 8 nitrogen and oxygen atoms in total. The first-order chi connectivity index (χ1) is 13.3. The molecule has 8 heteroatoms. The summed E-state index contributed by atoms with van der Waals surface area (Å²) in [6.07, 6.45) is 3.03. The highest BCUT2D eigenvalue weighted by atomic mass is 16.6. The van der Waals surface area contributed by atoms with E-state index in [9.17, 15) is 9.59 Å². The highest BCUT2D eigenvalue weighted by Crippen LogP contribution is 2.22. The molecule has 0 bridgehead atoms. The van der Waals surface area contributed by atoms with Crippen molar-refractivity contribution in [3.63, 3.8) is 0 Å². The zero-order valence-electron chi connectivity index (χ0n) is 16.7. The maximum absolute atomic E-state index is 12.8. The number of carbonyl (C=O) groups is 2. The first kappa shape index (κ1) is 20.1. The fraction of sp³-hybridized carbons (Fsp3) is 0.600. The molecule has 0 N–H and O–H groups in total. The summed E-state index contributed by atoms with van der Waals surface area (Å²) in [7, 11) is 0. The van der Waals surface area contributed by atoms with E-state index in [0.29, 0.717) is 25.2 Å².